The molecular formula is C17H25N3O. The van der Waals surface area contributed by atoms with Crippen LogP contribution >= 0.6 is 0 Å². The number of benzene rings is 1. The number of hydrogen-bond donors (Lipinski definition) is 3. The third-order valence-electron chi connectivity index (χ3n) is 3.78. The molecule has 4 heteroatoms. The van der Waals surface area contributed by atoms with Crippen LogP contribution in [0, 0.1) is 0 Å². The van der Waals surface area contributed by atoms with E-state index in [0.29, 0.717) is 6.42 Å². The van der Waals surface area contributed by atoms with Crippen molar-refractivity contribution in [3.05, 3.63) is 36.0 Å². The predicted octanol–water partition coefficient (Wildman–Crippen LogP) is 2.73. The summed E-state index contributed by atoms with van der Waals surface area (Å²) in [4.78, 5) is 15.2. The van der Waals surface area contributed by atoms with Crippen molar-refractivity contribution in [3.8, 4) is 0 Å². The van der Waals surface area contributed by atoms with E-state index in [1.165, 1.54) is 12.8 Å². The molecular weight excluding hydrogens is 262 g/mol. The Bertz CT molecular complexity index is 576. The molecule has 0 radical (unpaired) electrons. The fourth-order valence-electron chi connectivity index (χ4n) is 2.52. The van der Waals surface area contributed by atoms with E-state index >= 15 is 0 Å². The number of carbonyl (C=O) groups excluding carboxylic acids is 1. The minimum atomic E-state index is -0.490. The van der Waals surface area contributed by atoms with Crippen LogP contribution in [0.2, 0.25) is 0 Å². The quantitative estimate of drug-likeness (QED) is 0.653. The van der Waals surface area contributed by atoms with E-state index < -0.39 is 6.04 Å². The van der Waals surface area contributed by atoms with Crippen molar-refractivity contribution in [2.24, 2.45) is 5.73 Å². The molecule has 0 aliphatic heterocycles. The molecule has 4 nitrogen and oxygen atoms in total. The van der Waals surface area contributed by atoms with Crippen LogP contribution in [0.4, 0.5) is 0 Å². The summed E-state index contributed by atoms with van der Waals surface area (Å²) in [6.07, 6.45) is 7.11. The van der Waals surface area contributed by atoms with E-state index in [1.54, 1.807) is 0 Å². The molecule has 21 heavy (non-hydrogen) atoms. The number of carbonyl (C=O) groups is 1. The third kappa shape index (κ3) is 4.33. The van der Waals surface area contributed by atoms with Gasteiger partial charge in [0.15, 0.2) is 0 Å². The van der Waals surface area contributed by atoms with Gasteiger partial charge < -0.3 is 16.0 Å². The Morgan fingerprint density at radius 2 is 2.10 bits per heavy atom. The van der Waals surface area contributed by atoms with Gasteiger partial charge in [-0.25, -0.2) is 0 Å². The first-order chi connectivity index (χ1) is 10.2. The zero-order chi connectivity index (χ0) is 15.1. The van der Waals surface area contributed by atoms with Crippen LogP contribution in [0.1, 0.15) is 38.2 Å². The van der Waals surface area contributed by atoms with E-state index in [2.05, 4.69) is 23.3 Å². The second-order valence-corrected chi connectivity index (χ2v) is 5.52. The zero-order valence-electron chi connectivity index (χ0n) is 12.7. The van der Waals surface area contributed by atoms with Gasteiger partial charge in [0.2, 0.25) is 5.91 Å². The molecule has 0 aliphatic carbocycles. The van der Waals surface area contributed by atoms with Gasteiger partial charge in [0.05, 0.1) is 6.04 Å². The fourth-order valence-corrected chi connectivity index (χ4v) is 2.52. The Kier molecular flexibility index (Phi) is 5.81. The summed E-state index contributed by atoms with van der Waals surface area (Å²) in [5, 5.41) is 4.07. The van der Waals surface area contributed by atoms with Crippen LogP contribution in [0.25, 0.3) is 10.9 Å². The van der Waals surface area contributed by atoms with Gasteiger partial charge in [-0.15, -0.1) is 0 Å². The van der Waals surface area contributed by atoms with Crippen molar-refractivity contribution >= 4 is 16.8 Å². The van der Waals surface area contributed by atoms with E-state index in [0.717, 1.165) is 35.9 Å². The Morgan fingerprint density at radius 1 is 1.29 bits per heavy atom. The highest BCUT2D eigenvalue weighted by molar-refractivity contribution is 5.86. The Balaban J connectivity index is 1.83. The summed E-state index contributed by atoms with van der Waals surface area (Å²) in [6, 6.07) is 7.58. The highest BCUT2D eigenvalue weighted by Gasteiger charge is 2.15. The Morgan fingerprint density at radius 3 is 2.90 bits per heavy atom. The lowest BCUT2D eigenvalue weighted by Crippen LogP contribution is -2.42. The first-order valence-corrected chi connectivity index (χ1v) is 7.80. The van der Waals surface area contributed by atoms with Crippen molar-refractivity contribution in [2.75, 3.05) is 6.54 Å². The predicted molar refractivity (Wildman–Crippen MR) is 87.1 cm³/mol. The van der Waals surface area contributed by atoms with E-state index in [-0.39, 0.29) is 5.91 Å². The maximum absolute atomic E-state index is 12.0. The fraction of sp³-hybridized carbons (Fsp3) is 0.471. The number of hydrogen-bond acceptors (Lipinski definition) is 2. The Labute approximate surface area is 126 Å². The molecule has 1 heterocycles. The maximum atomic E-state index is 12.0. The number of unbranched alkanes of at least 4 members (excludes halogenated alkanes) is 3. The van der Waals surface area contributed by atoms with Crippen LogP contribution in [-0.4, -0.2) is 23.5 Å². The maximum Gasteiger partial charge on any atom is 0.237 e. The van der Waals surface area contributed by atoms with E-state index in [1.807, 2.05) is 24.4 Å². The van der Waals surface area contributed by atoms with E-state index in [9.17, 15) is 4.79 Å². The first-order valence-electron chi connectivity index (χ1n) is 7.80. The number of fused-ring (bicyclic) bond motifs is 1. The molecule has 0 aliphatic rings. The molecule has 0 bridgehead atoms. The highest BCUT2D eigenvalue weighted by atomic mass is 16.2. The second kappa shape index (κ2) is 7.84. The average molecular weight is 287 g/mol. The van der Waals surface area contributed by atoms with Crippen LogP contribution < -0.4 is 11.1 Å². The smallest absolute Gasteiger partial charge is 0.237 e. The monoisotopic (exact) mass is 287 g/mol. The lowest BCUT2D eigenvalue weighted by Gasteiger charge is -2.11. The molecule has 0 unspecified atom stereocenters. The van der Waals surface area contributed by atoms with Gasteiger partial charge in [0.25, 0.3) is 0 Å². The van der Waals surface area contributed by atoms with Crippen molar-refractivity contribution < 1.29 is 4.79 Å². The van der Waals surface area contributed by atoms with Gasteiger partial charge >= 0.3 is 0 Å². The van der Waals surface area contributed by atoms with Crippen molar-refractivity contribution in [1.29, 1.82) is 0 Å². The number of aromatic amines is 1. The number of amides is 1. The van der Waals surface area contributed by atoms with Crippen molar-refractivity contribution in [1.82, 2.24) is 10.3 Å². The van der Waals surface area contributed by atoms with Crippen molar-refractivity contribution in [2.45, 2.75) is 45.1 Å². The normalized spacial score (nSPS) is 12.5. The summed E-state index contributed by atoms with van der Waals surface area (Å²) < 4.78 is 0. The number of nitrogens with one attached hydrogen (secondary N) is 2. The molecule has 0 fully saturated rings. The molecule has 0 saturated heterocycles. The highest BCUT2D eigenvalue weighted by Crippen LogP contribution is 2.18. The number of para-hydroxylation sites is 1. The molecule has 1 atom stereocenters. The van der Waals surface area contributed by atoms with Gasteiger partial charge in [0.1, 0.15) is 0 Å². The minimum absolute atomic E-state index is 0.0585. The van der Waals surface area contributed by atoms with Gasteiger partial charge in [0, 0.05) is 23.6 Å². The van der Waals surface area contributed by atoms with Crippen LogP contribution in [-0.2, 0) is 11.2 Å². The largest absolute Gasteiger partial charge is 0.361 e. The SMILES string of the molecule is CCCCCCNC(=O)[C@@H](N)Cc1c[nH]c2ccccc12. The summed E-state index contributed by atoms with van der Waals surface area (Å²) in [6.45, 7) is 2.90. The average Bonchev–Trinajstić information content (AvgIpc) is 2.90. The number of nitrogens with two attached hydrogens (primary N) is 1. The third-order valence-corrected chi connectivity index (χ3v) is 3.78. The second-order valence-electron chi connectivity index (χ2n) is 5.52. The topological polar surface area (TPSA) is 70.9 Å². The van der Waals surface area contributed by atoms with Gasteiger partial charge in [-0.05, 0) is 24.5 Å². The number of rotatable bonds is 8. The minimum Gasteiger partial charge on any atom is -0.361 e. The van der Waals surface area contributed by atoms with Crippen LogP contribution in [0.5, 0.6) is 0 Å². The lowest BCUT2D eigenvalue weighted by atomic mass is 10.1. The summed E-state index contributed by atoms with van der Waals surface area (Å²) >= 11 is 0. The molecule has 1 aromatic carbocycles. The van der Waals surface area contributed by atoms with Gasteiger partial charge in [-0.2, -0.15) is 0 Å². The molecule has 0 saturated carbocycles. The van der Waals surface area contributed by atoms with Crippen molar-refractivity contribution in [3.63, 3.8) is 0 Å². The van der Waals surface area contributed by atoms with Crippen LogP contribution in [0.3, 0.4) is 0 Å². The molecule has 2 rings (SSSR count). The first kappa shape index (κ1) is 15.6. The summed E-state index contributed by atoms with van der Waals surface area (Å²) in [5.41, 5.74) is 8.19. The molecule has 2 aromatic rings. The summed E-state index contributed by atoms with van der Waals surface area (Å²) in [5.74, 6) is -0.0585. The number of H-pyrrole nitrogens is 1. The molecule has 0 spiro atoms. The molecule has 4 N–H and O–H groups in total. The zero-order valence-corrected chi connectivity index (χ0v) is 12.7. The lowest BCUT2D eigenvalue weighted by molar-refractivity contribution is -0.122. The standard InChI is InChI=1S/C17H25N3O/c1-2-3-4-7-10-19-17(21)15(18)11-13-12-20-16-9-6-5-8-14(13)16/h5-6,8-9,12,15,20H,2-4,7,10-11,18H2,1H3,(H,19,21)/t15-/m0/s1. The Hall–Kier alpha value is -1.81. The van der Waals surface area contributed by atoms with Gasteiger partial charge in [-0.3, -0.25) is 4.79 Å². The van der Waals surface area contributed by atoms with Gasteiger partial charge in [-0.1, -0.05) is 44.4 Å². The van der Waals surface area contributed by atoms with Crippen LogP contribution in [0.15, 0.2) is 30.5 Å². The number of aromatic nitrogens is 1. The molecule has 114 valence electrons. The molecule has 1 aromatic heterocycles. The molecule has 1 amide bonds. The summed E-state index contributed by atoms with van der Waals surface area (Å²) in [7, 11) is 0. The van der Waals surface area contributed by atoms with E-state index in [4.69, 9.17) is 5.73 Å².